The highest BCUT2D eigenvalue weighted by molar-refractivity contribution is 9.10. The molecule has 5 heteroatoms. The van der Waals surface area contributed by atoms with E-state index < -0.39 is 0 Å². The highest BCUT2D eigenvalue weighted by Gasteiger charge is 2.25. The van der Waals surface area contributed by atoms with Crippen LogP contribution < -0.4 is 0 Å². The Bertz CT molecular complexity index is 487. The molecule has 20 heavy (non-hydrogen) atoms. The Balaban J connectivity index is 2.01. The number of hydrogen-bond acceptors (Lipinski definition) is 2. The molecule has 1 aromatic rings. The first-order chi connectivity index (χ1) is 9.52. The number of carbonyl (C=O) groups is 1. The van der Waals surface area contributed by atoms with Gasteiger partial charge in [0.25, 0.3) is 5.91 Å². The molecule has 0 bridgehead atoms. The Hall–Kier alpha value is -0.940. The number of rotatable bonds is 3. The first-order valence-electron chi connectivity index (χ1n) is 7.01. The van der Waals surface area contributed by atoms with Crippen LogP contribution in [0.5, 0.6) is 0 Å². The second-order valence-corrected chi connectivity index (χ2v) is 6.06. The van der Waals surface area contributed by atoms with Gasteiger partial charge in [0, 0.05) is 36.7 Å². The fraction of sp³-hybridized carbons (Fsp3) is 0.533. The van der Waals surface area contributed by atoms with Crippen LogP contribution in [0.4, 0.5) is 4.39 Å². The maximum Gasteiger partial charge on any atom is 0.255 e. The number of nitrogens with zero attached hydrogens (tertiary/aromatic N) is 2. The van der Waals surface area contributed by atoms with Crippen LogP contribution in [0, 0.1) is 5.82 Å². The van der Waals surface area contributed by atoms with E-state index in [1.165, 1.54) is 12.1 Å². The molecule has 1 saturated heterocycles. The Morgan fingerprint density at radius 2 is 2.00 bits per heavy atom. The summed E-state index contributed by atoms with van der Waals surface area (Å²) in [6.07, 6.45) is 1.12. The maximum absolute atomic E-state index is 13.1. The number of benzene rings is 1. The van der Waals surface area contributed by atoms with Crippen LogP contribution in [0.25, 0.3) is 0 Å². The zero-order chi connectivity index (χ0) is 14.7. The molecule has 0 N–H and O–H groups in total. The molecule has 0 spiro atoms. The predicted octanol–water partition coefficient (Wildman–Crippen LogP) is 3.14. The van der Waals surface area contributed by atoms with Gasteiger partial charge >= 0.3 is 0 Å². The Labute approximate surface area is 127 Å². The van der Waals surface area contributed by atoms with Crippen LogP contribution >= 0.6 is 15.9 Å². The number of carbonyl (C=O) groups excluding carboxylic acids is 1. The van der Waals surface area contributed by atoms with Gasteiger partial charge in [0.15, 0.2) is 0 Å². The number of hydrogen-bond donors (Lipinski definition) is 0. The van der Waals surface area contributed by atoms with Crippen molar-refractivity contribution in [2.75, 3.05) is 26.2 Å². The summed E-state index contributed by atoms with van der Waals surface area (Å²) < 4.78 is 13.6. The zero-order valence-electron chi connectivity index (χ0n) is 11.9. The normalized spacial score (nSPS) is 18.1. The number of amides is 1. The van der Waals surface area contributed by atoms with Gasteiger partial charge in [-0.2, -0.15) is 0 Å². The van der Waals surface area contributed by atoms with Crippen LogP contribution in [0.2, 0.25) is 0 Å². The van der Waals surface area contributed by atoms with Crippen molar-refractivity contribution in [3.05, 3.63) is 34.1 Å². The summed E-state index contributed by atoms with van der Waals surface area (Å²) in [5.41, 5.74) is 0.531. The van der Waals surface area contributed by atoms with Crippen molar-refractivity contribution in [2.24, 2.45) is 0 Å². The van der Waals surface area contributed by atoms with E-state index >= 15 is 0 Å². The SMILES string of the molecule is CCC(C)N1CCN(C(=O)c2ccc(F)cc2Br)CC1. The molecular formula is C15H20BrFN2O. The van der Waals surface area contributed by atoms with Gasteiger partial charge in [0.1, 0.15) is 5.82 Å². The highest BCUT2D eigenvalue weighted by atomic mass is 79.9. The molecule has 1 atom stereocenters. The first kappa shape index (κ1) is 15.4. The minimum Gasteiger partial charge on any atom is -0.336 e. The molecule has 1 heterocycles. The summed E-state index contributed by atoms with van der Waals surface area (Å²) in [5.74, 6) is -0.365. The van der Waals surface area contributed by atoms with Gasteiger partial charge in [-0.05, 0) is 47.5 Å². The van der Waals surface area contributed by atoms with Crippen molar-refractivity contribution in [3.8, 4) is 0 Å². The molecule has 0 aliphatic carbocycles. The lowest BCUT2D eigenvalue weighted by Crippen LogP contribution is -2.51. The van der Waals surface area contributed by atoms with Crippen molar-refractivity contribution >= 4 is 21.8 Å². The monoisotopic (exact) mass is 342 g/mol. The maximum atomic E-state index is 13.1. The van der Waals surface area contributed by atoms with Gasteiger partial charge in [-0.25, -0.2) is 4.39 Å². The van der Waals surface area contributed by atoms with Crippen molar-refractivity contribution in [1.29, 1.82) is 0 Å². The van der Waals surface area contributed by atoms with Gasteiger partial charge in [0.2, 0.25) is 0 Å². The van der Waals surface area contributed by atoms with Gasteiger partial charge < -0.3 is 4.90 Å². The van der Waals surface area contributed by atoms with E-state index in [2.05, 4.69) is 34.7 Å². The van der Waals surface area contributed by atoms with Crippen molar-refractivity contribution in [3.63, 3.8) is 0 Å². The fourth-order valence-corrected chi connectivity index (χ4v) is 2.98. The Morgan fingerprint density at radius 1 is 1.35 bits per heavy atom. The molecule has 1 aliphatic heterocycles. The van der Waals surface area contributed by atoms with Crippen LogP contribution in [-0.2, 0) is 0 Å². The van der Waals surface area contributed by atoms with Gasteiger partial charge in [0.05, 0.1) is 5.56 Å². The van der Waals surface area contributed by atoms with Gasteiger partial charge in [-0.3, -0.25) is 9.69 Å². The van der Waals surface area contributed by atoms with Crippen LogP contribution in [0.15, 0.2) is 22.7 Å². The van der Waals surface area contributed by atoms with E-state index in [1.807, 2.05) is 4.90 Å². The molecule has 110 valence electrons. The van der Waals surface area contributed by atoms with Gasteiger partial charge in [-0.15, -0.1) is 0 Å². The average Bonchev–Trinajstić information content (AvgIpc) is 2.46. The number of piperazine rings is 1. The molecule has 0 radical (unpaired) electrons. The highest BCUT2D eigenvalue weighted by Crippen LogP contribution is 2.21. The zero-order valence-corrected chi connectivity index (χ0v) is 13.5. The molecule has 1 amide bonds. The third-order valence-electron chi connectivity index (χ3n) is 3.98. The summed E-state index contributed by atoms with van der Waals surface area (Å²) in [6, 6.07) is 4.77. The van der Waals surface area contributed by atoms with Crippen LogP contribution in [0.3, 0.4) is 0 Å². The summed E-state index contributed by atoms with van der Waals surface area (Å²) >= 11 is 3.26. The molecular weight excluding hydrogens is 323 g/mol. The second kappa shape index (κ2) is 6.68. The van der Waals surface area contributed by atoms with E-state index in [0.29, 0.717) is 16.1 Å². The summed E-state index contributed by atoms with van der Waals surface area (Å²) in [7, 11) is 0. The standard InChI is InChI=1S/C15H20BrFN2O/c1-3-11(2)18-6-8-19(9-7-18)15(20)13-5-4-12(17)10-14(13)16/h4-5,10-11H,3,6-9H2,1-2H3. The first-order valence-corrected chi connectivity index (χ1v) is 7.80. The quantitative estimate of drug-likeness (QED) is 0.842. The smallest absolute Gasteiger partial charge is 0.255 e. The second-order valence-electron chi connectivity index (χ2n) is 5.21. The lowest BCUT2D eigenvalue weighted by Gasteiger charge is -2.38. The molecule has 0 saturated carbocycles. The minimum atomic E-state index is -0.338. The van der Waals surface area contributed by atoms with Crippen LogP contribution in [-0.4, -0.2) is 47.9 Å². The minimum absolute atomic E-state index is 0.0272. The lowest BCUT2D eigenvalue weighted by molar-refractivity contribution is 0.0579. The van der Waals surface area contributed by atoms with Crippen molar-refractivity contribution in [1.82, 2.24) is 9.80 Å². The molecule has 1 aliphatic rings. The van der Waals surface area contributed by atoms with Crippen LogP contribution in [0.1, 0.15) is 30.6 Å². The largest absolute Gasteiger partial charge is 0.336 e. The van der Waals surface area contributed by atoms with E-state index in [4.69, 9.17) is 0 Å². The van der Waals surface area contributed by atoms with E-state index in [9.17, 15) is 9.18 Å². The third kappa shape index (κ3) is 3.38. The molecule has 1 fully saturated rings. The Kier molecular flexibility index (Phi) is 5.16. The summed E-state index contributed by atoms with van der Waals surface area (Å²) in [5, 5.41) is 0. The molecule has 1 aromatic carbocycles. The lowest BCUT2D eigenvalue weighted by atomic mass is 10.1. The fourth-order valence-electron chi connectivity index (χ4n) is 2.46. The van der Waals surface area contributed by atoms with E-state index in [0.717, 1.165) is 32.6 Å². The molecule has 0 aromatic heterocycles. The summed E-state index contributed by atoms with van der Waals surface area (Å²) in [6.45, 7) is 7.66. The van der Waals surface area contributed by atoms with E-state index in [-0.39, 0.29) is 11.7 Å². The predicted molar refractivity (Wildman–Crippen MR) is 81.3 cm³/mol. The van der Waals surface area contributed by atoms with Crippen molar-refractivity contribution in [2.45, 2.75) is 26.3 Å². The van der Waals surface area contributed by atoms with E-state index in [1.54, 1.807) is 6.07 Å². The Morgan fingerprint density at radius 3 is 2.55 bits per heavy atom. The van der Waals surface area contributed by atoms with Crippen molar-refractivity contribution < 1.29 is 9.18 Å². The summed E-state index contributed by atoms with van der Waals surface area (Å²) in [4.78, 5) is 16.7. The molecule has 2 rings (SSSR count). The number of halogens is 2. The average molecular weight is 343 g/mol. The molecule has 1 unspecified atom stereocenters. The third-order valence-corrected chi connectivity index (χ3v) is 4.63. The molecule has 3 nitrogen and oxygen atoms in total. The van der Waals surface area contributed by atoms with Gasteiger partial charge in [-0.1, -0.05) is 6.92 Å². The topological polar surface area (TPSA) is 23.6 Å².